The lowest BCUT2D eigenvalue weighted by Gasteiger charge is -2.36. The largest absolute Gasteiger partial charge is 0.497 e. The highest BCUT2D eigenvalue weighted by Gasteiger charge is 2.30. The molecule has 2 fully saturated rings. The van der Waals surface area contributed by atoms with Crippen LogP contribution < -0.4 is 4.74 Å². The van der Waals surface area contributed by atoms with Gasteiger partial charge in [0.15, 0.2) is 0 Å². The zero-order valence-electron chi connectivity index (χ0n) is 19.0. The fourth-order valence-electron chi connectivity index (χ4n) is 4.26. The first-order valence-electron chi connectivity index (χ1n) is 11.4. The summed E-state index contributed by atoms with van der Waals surface area (Å²) in [6, 6.07) is 11.9. The van der Waals surface area contributed by atoms with Gasteiger partial charge >= 0.3 is 0 Å². The van der Waals surface area contributed by atoms with E-state index >= 15 is 0 Å². The van der Waals surface area contributed by atoms with Crippen molar-refractivity contribution in [3.05, 3.63) is 63.6 Å². The Morgan fingerprint density at radius 2 is 1.71 bits per heavy atom. The molecule has 2 aromatic carbocycles. The number of methoxy groups -OCH3 is 1. The fourth-order valence-corrected chi connectivity index (χ4v) is 4.56. The molecular formula is C25H28Cl2N2O5. The highest BCUT2D eigenvalue weighted by molar-refractivity contribution is 6.42. The number of hydrogen-bond acceptors (Lipinski definition) is 5. The third kappa shape index (κ3) is 6.02. The van der Waals surface area contributed by atoms with E-state index < -0.39 is 0 Å². The van der Waals surface area contributed by atoms with Gasteiger partial charge in [0.2, 0.25) is 0 Å². The Labute approximate surface area is 209 Å². The van der Waals surface area contributed by atoms with Crippen LogP contribution in [0.3, 0.4) is 0 Å². The van der Waals surface area contributed by atoms with E-state index in [-0.39, 0.29) is 24.0 Å². The zero-order chi connectivity index (χ0) is 24.1. The summed E-state index contributed by atoms with van der Waals surface area (Å²) in [6.07, 6.45) is 1.59. The highest BCUT2D eigenvalue weighted by Crippen LogP contribution is 2.24. The number of rotatable bonds is 7. The molecular weight excluding hydrogens is 479 g/mol. The molecule has 0 bridgehead atoms. The minimum atomic E-state index is -0.316. The summed E-state index contributed by atoms with van der Waals surface area (Å²) >= 11 is 12.1. The normalized spacial score (nSPS) is 20.3. The molecule has 9 heteroatoms. The number of nitrogens with zero attached hydrogens (tertiary/aromatic N) is 2. The molecule has 4 rings (SSSR count). The Kier molecular flexibility index (Phi) is 8.32. The molecule has 2 atom stereocenters. The molecule has 2 aliphatic rings. The first kappa shape index (κ1) is 24.8. The number of ether oxygens (including phenoxy) is 3. The van der Waals surface area contributed by atoms with Gasteiger partial charge < -0.3 is 24.0 Å². The van der Waals surface area contributed by atoms with Crippen molar-refractivity contribution in [2.45, 2.75) is 25.0 Å². The summed E-state index contributed by atoms with van der Waals surface area (Å²) in [6.45, 7) is 2.77. The minimum Gasteiger partial charge on any atom is -0.497 e. The number of benzene rings is 2. The van der Waals surface area contributed by atoms with Gasteiger partial charge in [-0.1, -0.05) is 23.2 Å². The van der Waals surface area contributed by atoms with Gasteiger partial charge in [-0.15, -0.1) is 0 Å². The third-order valence-corrected chi connectivity index (χ3v) is 6.83. The van der Waals surface area contributed by atoms with E-state index in [1.54, 1.807) is 59.4 Å². The van der Waals surface area contributed by atoms with Crippen LogP contribution >= 0.6 is 23.2 Å². The molecule has 7 nitrogen and oxygen atoms in total. The Morgan fingerprint density at radius 1 is 1.00 bits per heavy atom. The molecule has 0 N–H and O–H groups in total. The van der Waals surface area contributed by atoms with Crippen molar-refractivity contribution < 1.29 is 23.8 Å². The number of halogens is 2. The van der Waals surface area contributed by atoms with Gasteiger partial charge in [0, 0.05) is 43.9 Å². The predicted molar refractivity (Wildman–Crippen MR) is 130 cm³/mol. The molecule has 0 aliphatic carbocycles. The lowest BCUT2D eigenvalue weighted by molar-refractivity contribution is -0.0375. The summed E-state index contributed by atoms with van der Waals surface area (Å²) in [7, 11) is 1.59. The van der Waals surface area contributed by atoms with Crippen molar-refractivity contribution in [2.75, 3.05) is 46.5 Å². The maximum absolute atomic E-state index is 13.4. The van der Waals surface area contributed by atoms with Crippen LogP contribution in [0.15, 0.2) is 42.5 Å². The molecule has 2 heterocycles. The third-order valence-electron chi connectivity index (χ3n) is 6.09. The maximum Gasteiger partial charge on any atom is 0.254 e. The predicted octanol–water partition coefficient (Wildman–Crippen LogP) is 4.16. The van der Waals surface area contributed by atoms with E-state index in [1.165, 1.54) is 0 Å². The molecule has 0 aromatic heterocycles. The number of carbonyl (C=O) groups excluding carboxylic acids is 2. The van der Waals surface area contributed by atoms with Crippen molar-refractivity contribution in [1.82, 2.24) is 9.80 Å². The summed E-state index contributed by atoms with van der Waals surface area (Å²) in [4.78, 5) is 29.9. The summed E-state index contributed by atoms with van der Waals surface area (Å²) in [5.41, 5.74) is 1.04. The Hall–Kier alpha value is -2.32. The number of carbonyl (C=O) groups is 2. The average molecular weight is 507 g/mol. The van der Waals surface area contributed by atoms with E-state index in [0.717, 1.165) is 12.8 Å². The van der Waals surface area contributed by atoms with Gasteiger partial charge in [0.05, 0.1) is 36.0 Å². The van der Waals surface area contributed by atoms with Crippen LogP contribution in [0, 0.1) is 0 Å². The zero-order valence-corrected chi connectivity index (χ0v) is 20.6. The van der Waals surface area contributed by atoms with Gasteiger partial charge in [-0.3, -0.25) is 9.59 Å². The van der Waals surface area contributed by atoms with Gasteiger partial charge in [-0.05, 0) is 55.3 Å². The first-order chi connectivity index (χ1) is 16.4. The van der Waals surface area contributed by atoms with Crippen LogP contribution in [0.4, 0.5) is 0 Å². The molecule has 0 saturated carbocycles. The molecule has 2 aromatic rings. The lowest BCUT2D eigenvalue weighted by atomic mass is 10.1. The van der Waals surface area contributed by atoms with Gasteiger partial charge in [0.25, 0.3) is 11.8 Å². The Balaban J connectivity index is 1.46. The van der Waals surface area contributed by atoms with E-state index in [0.29, 0.717) is 66.3 Å². The van der Waals surface area contributed by atoms with Crippen molar-refractivity contribution in [1.29, 1.82) is 0 Å². The Bertz CT molecular complexity index is 1010. The van der Waals surface area contributed by atoms with Crippen LogP contribution in [0.2, 0.25) is 10.0 Å². The summed E-state index contributed by atoms with van der Waals surface area (Å²) < 4.78 is 17.0. The van der Waals surface area contributed by atoms with Crippen LogP contribution in [0.5, 0.6) is 5.75 Å². The second-order valence-corrected chi connectivity index (χ2v) is 9.26. The quantitative estimate of drug-likeness (QED) is 0.563. The van der Waals surface area contributed by atoms with Crippen molar-refractivity contribution >= 4 is 35.0 Å². The standard InChI is InChI=1S/C25H28Cl2N2O5/c1-32-19-7-4-17(5-8-19)24(30)29(14-20-3-2-11-33-20)16-21-15-28(10-12-34-21)25(31)18-6-9-22(26)23(27)13-18/h4-9,13,20-21H,2-3,10-12,14-16H2,1H3. The van der Waals surface area contributed by atoms with Crippen LogP contribution in [-0.4, -0.2) is 80.3 Å². The van der Waals surface area contributed by atoms with Crippen LogP contribution in [-0.2, 0) is 9.47 Å². The second-order valence-electron chi connectivity index (χ2n) is 8.45. The van der Waals surface area contributed by atoms with E-state index in [9.17, 15) is 9.59 Å². The first-order valence-corrected chi connectivity index (χ1v) is 12.1. The molecule has 34 heavy (non-hydrogen) atoms. The monoisotopic (exact) mass is 506 g/mol. The topological polar surface area (TPSA) is 68.3 Å². The lowest BCUT2D eigenvalue weighted by Crippen LogP contribution is -2.51. The highest BCUT2D eigenvalue weighted by atomic mass is 35.5. The molecule has 2 unspecified atom stereocenters. The molecule has 182 valence electrons. The van der Waals surface area contributed by atoms with Crippen LogP contribution in [0.25, 0.3) is 0 Å². The minimum absolute atomic E-state index is 0.000247. The maximum atomic E-state index is 13.4. The van der Waals surface area contributed by atoms with Gasteiger partial charge in [-0.25, -0.2) is 0 Å². The molecule has 0 radical (unpaired) electrons. The smallest absolute Gasteiger partial charge is 0.254 e. The number of morpholine rings is 1. The van der Waals surface area contributed by atoms with Gasteiger partial charge in [0.1, 0.15) is 5.75 Å². The summed E-state index contributed by atoms with van der Waals surface area (Å²) in [5, 5.41) is 0.741. The number of amides is 2. The van der Waals surface area contributed by atoms with Crippen molar-refractivity contribution in [3.8, 4) is 5.75 Å². The van der Waals surface area contributed by atoms with E-state index in [4.69, 9.17) is 37.4 Å². The van der Waals surface area contributed by atoms with E-state index in [1.807, 2.05) is 0 Å². The van der Waals surface area contributed by atoms with Gasteiger partial charge in [-0.2, -0.15) is 0 Å². The molecule has 2 amide bonds. The fraction of sp³-hybridized carbons (Fsp3) is 0.440. The van der Waals surface area contributed by atoms with Crippen LogP contribution in [0.1, 0.15) is 33.6 Å². The Morgan fingerprint density at radius 3 is 2.38 bits per heavy atom. The molecule has 0 spiro atoms. The number of hydrogen-bond donors (Lipinski definition) is 0. The molecule has 2 aliphatic heterocycles. The van der Waals surface area contributed by atoms with E-state index in [2.05, 4.69) is 0 Å². The average Bonchev–Trinajstić information content (AvgIpc) is 3.38. The van der Waals surface area contributed by atoms with Crippen molar-refractivity contribution in [3.63, 3.8) is 0 Å². The SMILES string of the molecule is COc1ccc(C(=O)N(CC2CCCO2)CC2CN(C(=O)c3ccc(Cl)c(Cl)c3)CCO2)cc1. The molecule has 2 saturated heterocycles. The summed E-state index contributed by atoms with van der Waals surface area (Å²) in [5.74, 6) is 0.447. The second kappa shape index (κ2) is 11.4. The van der Waals surface area contributed by atoms with Crippen molar-refractivity contribution in [2.24, 2.45) is 0 Å².